The summed E-state index contributed by atoms with van der Waals surface area (Å²) in [5.41, 5.74) is 6.66. The van der Waals surface area contributed by atoms with Gasteiger partial charge in [0, 0.05) is 24.3 Å². The van der Waals surface area contributed by atoms with Crippen LogP contribution in [0, 0.1) is 0 Å². The number of carbonyl (C=O) groups is 1. The summed E-state index contributed by atoms with van der Waals surface area (Å²) in [6, 6.07) is 7.10. The standard InChI is InChI=1S/C18H24N4O2/c1-2-3-11-22-18(15-6-4-5-12-24-15)20-17(21-22)14-9-7-13(8-10-14)16(19)23/h7-10,15H,2-6,11-12H2,1H3,(H2,19,23)/t15-/m1/s1. The molecule has 0 bridgehead atoms. The van der Waals surface area contributed by atoms with Crippen molar-refractivity contribution >= 4 is 5.91 Å². The van der Waals surface area contributed by atoms with Crippen LogP contribution >= 0.6 is 0 Å². The maximum absolute atomic E-state index is 11.2. The minimum atomic E-state index is -0.431. The topological polar surface area (TPSA) is 83.0 Å². The number of hydrogen-bond acceptors (Lipinski definition) is 4. The first-order valence-electron chi connectivity index (χ1n) is 8.65. The minimum Gasteiger partial charge on any atom is -0.370 e. The van der Waals surface area contributed by atoms with Gasteiger partial charge >= 0.3 is 0 Å². The Morgan fingerprint density at radius 2 is 2.12 bits per heavy atom. The van der Waals surface area contributed by atoms with Gasteiger partial charge in [0.05, 0.1) is 0 Å². The molecular weight excluding hydrogens is 304 g/mol. The Balaban J connectivity index is 1.89. The fourth-order valence-electron chi connectivity index (χ4n) is 2.91. The number of amides is 1. The van der Waals surface area contributed by atoms with E-state index in [0.29, 0.717) is 11.4 Å². The number of nitrogens with two attached hydrogens (primary N) is 1. The third-order valence-corrected chi connectivity index (χ3v) is 4.32. The first kappa shape index (κ1) is 16.6. The molecule has 0 aliphatic carbocycles. The summed E-state index contributed by atoms with van der Waals surface area (Å²) in [5.74, 6) is 1.16. The molecule has 1 aliphatic rings. The molecule has 1 aromatic carbocycles. The van der Waals surface area contributed by atoms with Gasteiger partial charge in [0.25, 0.3) is 0 Å². The van der Waals surface area contributed by atoms with Crippen molar-refractivity contribution in [3.8, 4) is 11.4 Å². The average Bonchev–Trinajstić information content (AvgIpc) is 3.05. The van der Waals surface area contributed by atoms with Crippen LogP contribution in [0.5, 0.6) is 0 Å². The van der Waals surface area contributed by atoms with Crippen LogP contribution in [0.15, 0.2) is 24.3 Å². The molecule has 1 saturated heterocycles. The van der Waals surface area contributed by atoms with Gasteiger partial charge in [0.15, 0.2) is 11.6 Å². The number of nitrogens with zero attached hydrogens (tertiary/aromatic N) is 3. The third-order valence-electron chi connectivity index (χ3n) is 4.32. The highest BCUT2D eigenvalue weighted by Crippen LogP contribution is 2.28. The summed E-state index contributed by atoms with van der Waals surface area (Å²) >= 11 is 0. The van der Waals surface area contributed by atoms with Gasteiger partial charge in [0.2, 0.25) is 5.91 Å². The Morgan fingerprint density at radius 3 is 2.75 bits per heavy atom. The van der Waals surface area contributed by atoms with Crippen LogP contribution in [0.1, 0.15) is 61.3 Å². The molecule has 0 saturated carbocycles. The molecule has 2 N–H and O–H groups in total. The highest BCUT2D eigenvalue weighted by Gasteiger charge is 2.23. The van der Waals surface area contributed by atoms with Gasteiger partial charge in [-0.2, -0.15) is 5.10 Å². The zero-order valence-electron chi connectivity index (χ0n) is 14.1. The lowest BCUT2D eigenvalue weighted by Crippen LogP contribution is -2.17. The van der Waals surface area contributed by atoms with Crippen LogP contribution < -0.4 is 5.73 Å². The first-order chi connectivity index (χ1) is 11.7. The third kappa shape index (κ3) is 3.64. The number of primary amides is 1. The van der Waals surface area contributed by atoms with Crippen molar-refractivity contribution < 1.29 is 9.53 Å². The second-order valence-corrected chi connectivity index (χ2v) is 6.17. The summed E-state index contributed by atoms with van der Waals surface area (Å²) in [6.07, 6.45) is 5.46. The Labute approximate surface area is 142 Å². The number of rotatable bonds is 6. The Hall–Kier alpha value is -2.21. The summed E-state index contributed by atoms with van der Waals surface area (Å²) in [4.78, 5) is 15.9. The van der Waals surface area contributed by atoms with E-state index < -0.39 is 5.91 Å². The van der Waals surface area contributed by atoms with Gasteiger partial charge in [-0.05, 0) is 37.8 Å². The molecule has 6 nitrogen and oxygen atoms in total. The second-order valence-electron chi connectivity index (χ2n) is 6.17. The first-order valence-corrected chi connectivity index (χ1v) is 8.65. The highest BCUT2D eigenvalue weighted by molar-refractivity contribution is 5.93. The van der Waals surface area contributed by atoms with E-state index in [2.05, 4.69) is 12.0 Å². The van der Waals surface area contributed by atoms with E-state index in [0.717, 1.165) is 56.6 Å². The smallest absolute Gasteiger partial charge is 0.248 e. The lowest BCUT2D eigenvalue weighted by atomic mass is 10.1. The number of aromatic nitrogens is 3. The monoisotopic (exact) mass is 328 g/mol. The van der Waals surface area contributed by atoms with Crippen molar-refractivity contribution in [3.05, 3.63) is 35.7 Å². The molecule has 1 amide bonds. The van der Waals surface area contributed by atoms with Crippen LogP contribution in [0.2, 0.25) is 0 Å². The summed E-state index contributed by atoms with van der Waals surface area (Å²) in [7, 11) is 0. The number of carbonyl (C=O) groups excluding carboxylic acids is 1. The maximum Gasteiger partial charge on any atom is 0.248 e. The van der Waals surface area contributed by atoms with Crippen molar-refractivity contribution in [2.75, 3.05) is 6.61 Å². The van der Waals surface area contributed by atoms with Crippen molar-refractivity contribution in [1.82, 2.24) is 14.8 Å². The zero-order valence-corrected chi connectivity index (χ0v) is 14.1. The molecule has 0 spiro atoms. The molecule has 128 valence electrons. The molecule has 1 aliphatic heterocycles. The number of ether oxygens (including phenoxy) is 1. The molecule has 6 heteroatoms. The average molecular weight is 328 g/mol. The summed E-state index contributed by atoms with van der Waals surface area (Å²) in [5, 5.41) is 4.68. The Kier molecular flexibility index (Phi) is 5.25. The molecular formula is C18H24N4O2. The van der Waals surface area contributed by atoms with E-state index in [1.54, 1.807) is 12.1 Å². The Bertz CT molecular complexity index is 688. The molecule has 2 heterocycles. The van der Waals surface area contributed by atoms with Gasteiger partial charge in [-0.3, -0.25) is 4.79 Å². The van der Waals surface area contributed by atoms with Gasteiger partial charge in [-0.1, -0.05) is 25.5 Å². The normalized spacial score (nSPS) is 17.8. The SMILES string of the molecule is CCCCn1nc(-c2ccc(C(N)=O)cc2)nc1[C@H]1CCCCO1. The fourth-order valence-corrected chi connectivity index (χ4v) is 2.91. The zero-order chi connectivity index (χ0) is 16.9. The van der Waals surface area contributed by atoms with Gasteiger partial charge in [0.1, 0.15) is 6.10 Å². The number of hydrogen-bond donors (Lipinski definition) is 1. The van der Waals surface area contributed by atoms with Crippen LogP contribution in [0.4, 0.5) is 0 Å². The van der Waals surface area contributed by atoms with E-state index in [9.17, 15) is 4.79 Å². The highest BCUT2D eigenvalue weighted by atomic mass is 16.5. The molecule has 0 unspecified atom stereocenters. The summed E-state index contributed by atoms with van der Waals surface area (Å²) < 4.78 is 7.88. The molecule has 2 aromatic rings. The number of aryl methyl sites for hydroxylation is 1. The van der Waals surface area contributed by atoms with Crippen molar-refractivity contribution in [1.29, 1.82) is 0 Å². The van der Waals surface area contributed by atoms with E-state index in [4.69, 9.17) is 15.5 Å². The van der Waals surface area contributed by atoms with Crippen LogP contribution in [-0.2, 0) is 11.3 Å². The van der Waals surface area contributed by atoms with E-state index in [1.807, 2.05) is 16.8 Å². The van der Waals surface area contributed by atoms with Crippen molar-refractivity contribution in [2.24, 2.45) is 5.73 Å². The van der Waals surface area contributed by atoms with Crippen LogP contribution in [-0.4, -0.2) is 27.3 Å². The minimum absolute atomic E-state index is 0.0294. The molecule has 0 radical (unpaired) electrons. The molecule has 1 aromatic heterocycles. The lowest BCUT2D eigenvalue weighted by Gasteiger charge is -2.22. The quantitative estimate of drug-likeness (QED) is 0.883. The molecule has 24 heavy (non-hydrogen) atoms. The lowest BCUT2D eigenvalue weighted by molar-refractivity contribution is 0.00665. The van der Waals surface area contributed by atoms with Crippen molar-refractivity contribution in [2.45, 2.75) is 51.7 Å². The predicted molar refractivity (Wildman–Crippen MR) is 91.4 cm³/mol. The summed E-state index contributed by atoms with van der Waals surface area (Å²) in [6.45, 7) is 3.79. The van der Waals surface area contributed by atoms with Gasteiger partial charge in [-0.25, -0.2) is 9.67 Å². The number of unbranched alkanes of at least 4 members (excludes halogenated alkanes) is 1. The number of benzene rings is 1. The fraction of sp³-hybridized carbons (Fsp3) is 0.500. The van der Waals surface area contributed by atoms with E-state index >= 15 is 0 Å². The van der Waals surface area contributed by atoms with Crippen LogP contribution in [0.3, 0.4) is 0 Å². The van der Waals surface area contributed by atoms with Crippen molar-refractivity contribution in [3.63, 3.8) is 0 Å². The second kappa shape index (κ2) is 7.57. The predicted octanol–water partition coefficient (Wildman–Crippen LogP) is 3.09. The maximum atomic E-state index is 11.2. The van der Waals surface area contributed by atoms with E-state index in [1.165, 1.54) is 0 Å². The Morgan fingerprint density at radius 1 is 1.33 bits per heavy atom. The largest absolute Gasteiger partial charge is 0.370 e. The van der Waals surface area contributed by atoms with E-state index in [-0.39, 0.29) is 6.10 Å². The molecule has 1 atom stereocenters. The van der Waals surface area contributed by atoms with Crippen LogP contribution in [0.25, 0.3) is 11.4 Å². The van der Waals surface area contributed by atoms with Gasteiger partial charge < -0.3 is 10.5 Å². The molecule has 1 fully saturated rings. The van der Waals surface area contributed by atoms with Gasteiger partial charge in [-0.15, -0.1) is 0 Å². The molecule has 3 rings (SSSR count).